The molecule has 0 saturated carbocycles. The highest BCUT2D eigenvalue weighted by Gasteiger charge is 2.43. The van der Waals surface area contributed by atoms with E-state index in [0.717, 1.165) is 25.7 Å². The molecule has 0 spiro atoms. The average molecular weight is 367 g/mol. The number of aryl methyl sites for hydroxylation is 1. The Labute approximate surface area is 157 Å². The smallest absolute Gasteiger partial charge is 0.254 e. The number of hydrogen-bond acceptors (Lipinski definition) is 3. The van der Waals surface area contributed by atoms with Crippen LogP contribution in [0.4, 0.5) is 4.39 Å². The number of rotatable bonds is 3. The summed E-state index contributed by atoms with van der Waals surface area (Å²) in [6, 6.07) is 8.26. The van der Waals surface area contributed by atoms with Gasteiger partial charge < -0.3 is 10.2 Å². The summed E-state index contributed by atoms with van der Waals surface area (Å²) in [5, 5.41) is 3.09. The molecule has 0 aliphatic carbocycles. The van der Waals surface area contributed by atoms with Gasteiger partial charge in [0, 0.05) is 41.6 Å². The lowest BCUT2D eigenvalue weighted by Gasteiger charge is -2.39. The number of halogens is 1. The number of carbonyl (C=O) groups is 2. The van der Waals surface area contributed by atoms with Crippen molar-refractivity contribution in [3.8, 4) is 0 Å². The first-order valence-electron chi connectivity index (χ1n) is 9.32. The van der Waals surface area contributed by atoms with E-state index in [4.69, 9.17) is 0 Å². The lowest BCUT2D eigenvalue weighted by Crippen LogP contribution is -2.52. The molecule has 27 heavy (non-hydrogen) atoms. The predicted octanol–water partition coefficient (Wildman–Crippen LogP) is 3.09. The van der Waals surface area contributed by atoms with Gasteiger partial charge in [-0.2, -0.15) is 0 Å². The van der Waals surface area contributed by atoms with Crippen LogP contribution in [-0.2, 0) is 0 Å². The first-order valence-corrected chi connectivity index (χ1v) is 9.32. The third kappa shape index (κ3) is 3.44. The SMILES string of the molecule is Cc1ccc(C(=O)N2C3CCC2CC(NC(=O)c2ccncc2)C3)cc1F. The standard InChI is InChI=1S/C21H22FN3O2/c1-13-2-3-15(10-19(13)22)21(27)25-17-4-5-18(25)12-16(11-17)24-20(26)14-6-8-23-9-7-14/h2-3,6-10,16-18H,4-5,11-12H2,1H3,(H,24,26). The van der Waals surface area contributed by atoms with E-state index < -0.39 is 0 Å². The Morgan fingerprint density at radius 1 is 1.07 bits per heavy atom. The second kappa shape index (κ2) is 7.10. The molecule has 6 heteroatoms. The van der Waals surface area contributed by atoms with Crippen molar-refractivity contribution in [3.05, 3.63) is 65.2 Å². The highest BCUT2D eigenvalue weighted by molar-refractivity contribution is 5.95. The molecule has 1 aromatic heterocycles. The van der Waals surface area contributed by atoms with Gasteiger partial charge in [-0.1, -0.05) is 6.07 Å². The number of fused-ring (bicyclic) bond motifs is 2. The lowest BCUT2D eigenvalue weighted by molar-refractivity contribution is 0.0549. The van der Waals surface area contributed by atoms with Gasteiger partial charge in [0.2, 0.25) is 0 Å². The maximum Gasteiger partial charge on any atom is 0.254 e. The molecule has 2 unspecified atom stereocenters. The van der Waals surface area contributed by atoms with Gasteiger partial charge in [0.15, 0.2) is 0 Å². The average Bonchev–Trinajstić information content (AvgIpc) is 2.94. The zero-order chi connectivity index (χ0) is 19.0. The Morgan fingerprint density at radius 3 is 2.37 bits per heavy atom. The van der Waals surface area contributed by atoms with Crippen molar-refractivity contribution in [2.45, 2.75) is 50.7 Å². The molecular formula is C21H22FN3O2. The van der Waals surface area contributed by atoms with E-state index in [1.807, 2.05) is 4.90 Å². The summed E-state index contributed by atoms with van der Waals surface area (Å²) < 4.78 is 13.9. The van der Waals surface area contributed by atoms with Crippen LogP contribution in [0.3, 0.4) is 0 Å². The second-order valence-corrected chi connectivity index (χ2v) is 7.44. The van der Waals surface area contributed by atoms with Crippen LogP contribution >= 0.6 is 0 Å². The minimum atomic E-state index is -0.354. The summed E-state index contributed by atoms with van der Waals surface area (Å²) in [6.45, 7) is 1.68. The summed E-state index contributed by atoms with van der Waals surface area (Å²) in [6.07, 6.45) is 6.50. The molecule has 2 atom stereocenters. The number of nitrogens with zero attached hydrogens (tertiary/aromatic N) is 2. The van der Waals surface area contributed by atoms with Gasteiger partial charge >= 0.3 is 0 Å². The number of piperidine rings is 1. The molecular weight excluding hydrogens is 345 g/mol. The fraction of sp³-hybridized carbons (Fsp3) is 0.381. The molecule has 1 N–H and O–H groups in total. The van der Waals surface area contributed by atoms with Gasteiger partial charge in [0.1, 0.15) is 5.82 Å². The fourth-order valence-electron chi connectivity index (χ4n) is 4.27. The van der Waals surface area contributed by atoms with Crippen LogP contribution < -0.4 is 5.32 Å². The van der Waals surface area contributed by atoms with Crippen LogP contribution in [-0.4, -0.2) is 39.8 Å². The molecule has 2 aliphatic heterocycles. The summed E-state index contributed by atoms with van der Waals surface area (Å²) in [4.78, 5) is 31.2. The number of nitrogens with one attached hydrogen (secondary N) is 1. The highest BCUT2D eigenvalue weighted by Crippen LogP contribution is 2.37. The molecule has 140 valence electrons. The normalized spacial score (nSPS) is 23.9. The van der Waals surface area contributed by atoms with E-state index in [9.17, 15) is 14.0 Å². The third-order valence-corrected chi connectivity index (χ3v) is 5.66. The first kappa shape index (κ1) is 17.6. The van der Waals surface area contributed by atoms with Crippen molar-refractivity contribution in [2.24, 2.45) is 0 Å². The zero-order valence-electron chi connectivity index (χ0n) is 15.2. The van der Waals surface area contributed by atoms with Crippen LogP contribution in [0.2, 0.25) is 0 Å². The van der Waals surface area contributed by atoms with E-state index in [-0.39, 0.29) is 35.8 Å². The van der Waals surface area contributed by atoms with E-state index in [1.165, 1.54) is 6.07 Å². The Morgan fingerprint density at radius 2 is 1.74 bits per heavy atom. The third-order valence-electron chi connectivity index (χ3n) is 5.66. The summed E-state index contributed by atoms with van der Waals surface area (Å²) >= 11 is 0. The molecule has 0 radical (unpaired) electrons. The van der Waals surface area contributed by atoms with Gasteiger partial charge in [-0.25, -0.2) is 4.39 Å². The van der Waals surface area contributed by atoms with Gasteiger partial charge in [-0.3, -0.25) is 14.6 Å². The number of pyridine rings is 1. The topological polar surface area (TPSA) is 62.3 Å². The number of carbonyl (C=O) groups excluding carboxylic acids is 2. The van der Waals surface area contributed by atoms with Crippen molar-refractivity contribution in [1.82, 2.24) is 15.2 Å². The van der Waals surface area contributed by atoms with Crippen molar-refractivity contribution < 1.29 is 14.0 Å². The molecule has 2 saturated heterocycles. The van der Waals surface area contributed by atoms with Crippen LogP contribution in [0.15, 0.2) is 42.7 Å². The molecule has 3 heterocycles. The second-order valence-electron chi connectivity index (χ2n) is 7.44. The summed E-state index contributed by atoms with van der Waals surface area (Å²) in [7, 11) is 0. The monoisotopic (exact) mass is 367 g/mol. The van der Waals surface area contributed by atoms with E-state index in [1.54, 1.807) is 43.6 Å². The first-order chi connectivity index (χ1) is 13.0. The van der Waals surface area contributed by atoms with E-state index >= 15 is 0 Å². The molecule has 1 aromatic carbocycles. The number of aromatic nitrogens is 1. The molecule has 2 aliphatic rings. The van der Waals surface area contributed by atoms with E-state index in [2.05, 4.69) is 10.3 Å². The molecule has 4 rings (SSSR count). The van der Waals surface area contributed by atoms with Crippen LogP contribution in [0.1, 0.15) is 52.0 Å². The maximum absolute atomic E-state index is 13.9. The predicted molar refractivity (Wildman–Crippen MR) is 98.8 cm³/mol. The minimum Gasteiger partial charge on any atom is -0.349 e. The fourth-order valence-corrected chi connectivity index (χ4v) is 4.27. The number of benzene rings is 1. The molecule has 2 fully saturated rings. The minimum absolute atomic E-state index is 0.0435. The number of hydrogen-bond donors (Lipinski definition) is 1. The Balaban J connectivity index is 1.45. The Bertz CT molecular complexity index is 857. The Kier molecular flexibility index (Phi) is 4.64. The van der Waals surface area contributed by atoms with Crippen LogP contribution in [0.5, 0.6) is 0 Å². The molecule has 2 aromatic rings. The Hall–Kier alpha value is -2.76. The van der Waals surface area contributed by atoms with Gasteiger partial charge in [-0.15, -0.1) is 0 Å². The number of amides is 2. The van der Waals surface area contributed by atoms with Crippen molar-refractivity contribution >= 4 is 11.8 Å². The highest BCUT2D eigenvalue weighted by atomic mass is 19.1. The molecule has 5 nitrogen and oxygen atoms in total. The van der Waals surface area contributed by atoms with Crippen LogP contribution in [0.25, 0.3) is 0 Å². The zero-order valence-corrected chi connectivity index (χ0v) is 15.2. The quantitative estimate of drug-likeness (QED) is 0.907. The molecule has 2 amide bonds. The summed E-state index contributed by atoms with van der Waals surface area (Å²) in [5.41, 5.74) is 1.52. The molecule has 2 bridgehead atoms. The largest absolute Gasteiger partial charge is 0.349 e. The van der Waals surface area contributed by atoms with Crippen LogP contribution in [0, 0.1) is 12.7 Å². The summed E-state index contributed by atoms with van der Waals surface area (Å²) in [5.74, 6) is -0.574. The van der Waals surface area contributed by atoms with Crippen molar-refractivity contribution in [1.29, 1.82) is 0 Å². The van der Waals surface area contributed by atoms with Gasteiger partial charge in [-0.05, 0) is 62.4 Å². The van der Waals surface area contributed by atoms with Crippen molar-refractivity contribution in [2.75, 3.05) is 0 Å². The van der Waals surface area contributed by atoms with E-state index in [0.29, 0.717) is 16.7 Å². The van der Waals surface area contributed by atoms with Gasteiger partial charge in [0.25, 0.3) is 11.8 Å². The maximum atomic E-state index is 13.9. The van der Waals surface area contributed by atoms with Crippen molar-refractivity contribution in [3.63, 3.8) is 0 Å². The van der Waals surface area contributed by atoms with Gasteiger partial charge in [0.05, 0.1) is 0 Å². The lowest BCUT2D eigenvalue weighted by atomic mass is 9.95.